The van der Waals surface area contributed by atoms with Crippen LogP contribution < -0.4 is 0 Å². The first kappa shape index (κ1) is 16.2. The van der Waals surface area contributed by atoms with Crippen LogP contribution in [0.3, 0.4) is 0 Å². The number of benzene rings is 3. The molecule has 0 saturated carbocycles. The van der Waals surface area contributed by atoms with Crippen LogP contribution in [0.1, 0.15) is 19.4 Å². The summed E-state index contributed by atoms with van der Waals surface area (Å²) in [7, 11) is -3.11. The second-order valence-electron chi connectivity index (χ2n) is 5.44. The van der Waals surface area contributed by atoms with E-state index >= 15 is 0 Å². The Morgan fingerprint density at radius 1 is 0.826 bits per heavy atom. The Morgan fingerprint density at radius 2 is 1.43 bits per heavy atom. The van der Waals surface area contributed by atoms with Gasteiger partial charge in [0, 0.05) is 0 Å². The number of hydrogen-bond donors (Lipinski definition) is 0. The number of fused-ring (bicyclic) bond motifs is 2. The van der Waals surface area contributed by atoms with E-state index in [-0.39, 0.29) is 0 Å². The zero-order valence-corrected chi connectivity index (χ0v) is 14.4. The van der Waals surface area contributed by atoms with Crippen molar-refractivity contribution in [1.29, 1.82) is 0 Å². The van der Waals surface area contributed by atoms with E-state index in [4.69, 9.17) is 9.05 Å². The Morgan fingerprint density at radius 3 is 2.09 bits per heavy atom. The smallest absolute Gasteiger partial charge is 0.309 e. The van der Waals surface area contributed by atoms with Gasteiger partial charge in [-0.05, 0) is 53.1 Å². The zero-order valence-electron chi connectivity index (χ0n) is 13.5. The molecule has 120 valence electrons. The fraction of sp³-hybridized carbons (Fsp3) is 0.263. The van der Waals surface area contributed by atoms with Crippen LogP contribution in [0.2, 0.25) is 0 Å². The largest absolute Gasteiger partial charge is 0.335 e. The van der Waals surface area contributed by atoms with Crippen molar-refractivity contribution >= 4 is 29.1 Å². The molecule has 0 spiro atoms. The molecule has 23 heavy (non-hydrogen) atoms. The Bertz CT molecular complexity index is 863. The van der Waals surface area contributed by atoms with Crippen LogP contribution in [-0.2, 0) is 19.8 Å². The maximum atomic E-state index is 12.8. The molecule has 0 amide bonds. The molecular weight excluding hydrogens is 307 g/mol. The summed E-state index contributed by atoms with van der Waals surface area (Å²) in [5.74, 6) is 0. The fourth-order valence-corrected chi connectivity index (χ4v) is 4.64. The third kappa shape index (κ3) is 3.48. The molecule has 0 atom stereocenters. The van der Waals surface area contributed by atoms with Crippen molar-refractivity contribution in [3.05, 3.63) is 60.2 Å². The molecule has 0 unspecified atom stereocenters. The van der Waals surface area contributed by atoms with Crippen molar-refractivity contribution in [2.45, 2.75) is 20.0 Å². The summed E-state index contributed by atoms with van der Waals surface area (Å²) < 4.78 is 23.7. The van der Waals surface area contributed by atoms with Crippen LogP contribution in [0, 0.1) is 0 Å². The van der Waals surface area contributed by atoms with E-state index in [0.717, 1.165) is 16.3 Å². The normalized spacial score (nSPS) is 12.1. The topological polar surface area (TPSA) is 35.5 Å². The van der Waals surface area contributed by atoms with Gasteiger partial charge < -0.3 is 9.05 Å². The van der Waals surface area contributed by atoms with Crippen LogP contribution >= 0.6 is 7.60 Å². The summed E-state index contributed by atoms with van der Waals surface area (Å²) in [5.41, 5.74) is 0.999. The Balaban J connectivity index is 2.10. The SMILES string of the molecule is CCOP(=O)(Cc1cccc2cc3ccccc3cc12)OCC. The predicted octanol–water partition coefficient (Wildman–Crippen LogP) is 5.76. The van der Waals surface area contributed by atoms with E-state index in [1.54, 1.807) is 0 Å². The molecule has 0 aromatic heterocycles. The first-order chi connectivity index (χ1) is 11.1. The molecule has 3 rings (SSSR count). The van der Waals surface area contributed by atoms with Crippen LogP contribution in [0.5, 0.6) is 0 Å². The summed E-state index contributed by atoms with van der Waals surface area (Å²) in [6.45, 7) is 4.43. The lowest BCUT2D eigenvalue weighted by Crippen LogP contribution is -1.99. The first-order valence-corrected chi connectivity index (χ1v) is 9.66. The van der Waals surface area contributed by atoms with Gasteiger partial charge in [0.25, 0.3) is 0 Å². The Labute approximate surface area is 136 Å². The van der Waals surface area contributed by atoms with E-state index in [2.05, 4.69) is 30.3 Å². The molecule has 0 heterocycles. The van der Waals surface area contributed by atoms with Gasteiger partial charge in [-0.1, -0.05) is 42.5 Å². The van der Waals surface area contributed by atoms with E-state index in [9.17, 15) is 4.57 Å². The van der Waals surface area contributed by atoms with E-state index in [0.29, 0.717) is 19.4 Å². The molecule has 3 aromatic rings. The highest BCUT2D eigenvalue weighted by Crippen LogP contribution is 2.52. The van der Waals surface area contributed by atoms with Gasteiger partial charge >= 0.3 is 7.60 Å². The maximum Gasteiger partial charge on any atom is 0.335 e. The van der Waals surface area contributed by atoms with Crippen LogP contribution in [-0.4, -0.2) is 13.2 Å². The van der Waals surface area contributed by atoms with Gasteiger partial charge in [0.05, 0.1) is 19.4 Å². The van der Waals surface area contributed by atoms with Crippen molar-refractivity contribution < 1.29 is 13.6 Å². The quantitative estimate of drug-likeness (QED) is 0.426. The van der Waals surface area contributed by atoms with Crippen molar-refractivity contribution in [3.63, 3.8) is 0 Å². The van der Waals surface area contributed by atoms with Crippen molar-refractivity contribution in [2.75, 3.05) is 13.2 Å². The van der Waals surface area contributed by atoms with Gasteiger partial charge in [0.2, 0.25) is 0 Å². The maximum absolute atomic E-state index is 12.8. The molecule has 0 aliphatic carbocycles. The number of hydrogen-bond acceptors (Lipinski definition) is 3. The van der Waals surface area contributed by atoms with E-state index in [1.165, 1.54) is 10.8 Å². The van der Waals surface area contributed by atoms with Gasteiger partial charge in [-0.25, -0.2) is 0 Å². The molecule has 0 aliphatic rings. The minimum Gasteiger partial charge on any atom is -0.309 e. The molecule has 0 aliphatic heterocycles. The van der Waals surface area contributed by atoms with Gasteiger partial charge in [0.15, 0.2) is 0 Å². The van der Waals surface area contributed by atoms with Crippen LogP contribution in [0.25, 0.3) is 21.5 Å². The molecular formula is C19H21O3P. The van der Waals surface area contributed by atoms with Gasteiger partial charge in [-0.3, -0.25) is 4.57 Å². The lowest BCUT2D eigenvalue weighted by molar-refractivity contribution is 0.219. The summed E-state index contributed by atoms with van der Waals surface area (Å²) in [4.78, 5) is 0. The van der Waals surface area contributed by atoms with E-state index in [1.807, 2.05) is 38.1 Å². The summed E-state index contributed by atoms with van der Waals surface area (Å²) in [6, 6.07) is 18.7. The molecule has 0 N–H and O–H groups in total. The lowest BCUT2D eigenvalue weighted by atomic mass is 10.0. The minimum atomic E-state index is -3.11. The Kier molecular flexibility index (Phi) is 4.82. The van der Waals surface area contributed by atoms with Crippen molar-refractivity contribution in [1.82, 2.24) is 0 Å². The Hall–Kier alpha value is -1.67. The standard InChI is InChI=1S/C19H21O3P/c1-3-21-23(20,22-4-2)14-18-11-7-10-17-12-15-8-5-6-9-16(15)13-19(17)18/h5-13H,3-4,14H2,1-2H3. The highest BCUT2D eigenvalue weighted by Gasteiger charge is 2.25. The molecule has 0 saturated heterocycles. The highest BCUT2D eigenvalue weighted by atomic mass is 31.2. The summed E-state index contributed by atoms with van der Waals surface area (Å²) in [5, 5.41) is 4.62. The third-order valence-corrected chi connectivity index (χ3v) is 5.88. The molecule has 3 aromatic carbocycles. The first-order valence-electron chi connectivity index (χ1n) is 7.94. The fourth-order valence-electron chi connectivity index (χ4n) is 2.90. The van der Waals surface area contributed by atoms with Gasteiger partial charge in [-0.2, -0.15) is 0 Å². The second-order valence-corrected chi connectivity index (χ2v) is 7.50. The zero-order chi connectivity index (χ0) is 16.3. The highest BCUT2D eigenvalue weighted by molar-refractivity contribution is 7.53. The summed E-state index contributed by atoms with van der Waals surface area (Å²) >= 11 is 0. The molecule has 0 bridgehead atoms. The van der Waals surface area contributed by atoms with Gasteiger partial charge in [-0.15, -0.1) is 0 Å². The molecule has 4 heteroatoms. The molecule has 0 fully saturated rings. The summed E-state index contributed by atoms with van der Waals surface area (Å²) in [6.07, 6.45) is 0.296. The molecule has 0 radical (unpaired) electrons. The second kappa shape index (κ2) is 6.84. The van der Waals surface area contributed by atoms with Crippen molar-refractivity contribution in [3.8, 4) is 0 Å². The third-order valence-electron chi connectivity index (χ3n) is 3.85. The molecule has 3 nitrogen and oxygen atoms in total. The van der Waals surface area contributed by atoms with Crippen molar-refractivity contribution in [2.24, 2.45) is 0 Å². The van der Waals surface area contributed by atoms with Gasteiger partial charge in [0.1, 0.15) is 0 Å². The minimum absolute atomic E-state index is 0.296. The van der Waals surface area contributed by atoms with Crippen LogP contribution in [0.4, 0.5) is 0 Å². The van der Waals surface area contributed by atoms with E-state index < -0.39 is 7.60 Å². The lowest BCUT2D eigenvalue weighted by Gasteiger charge is -2.18. The number of rotatable bonds is 6. The average molecular weight is 328 g/mol. The monoisotopic (exact) mass is 328 g/mol. The predicted molar refractivity (Wildman–Crippen MR) is 96.0 cm³/mol. The average Bonchev–Trinajstić information content (AvgIpc) is 2.54. The van der Waals surface area contributed by atoms with Crippen LogP contribution in [0.15, 0.2) is 54.6 Å².